The molecule has 0 saturated carbocycles. The van der Waals surface area contributed by atoms with Crippen LogP contribution < -0.4 is 0 Å². The maximum atomic E-state index is 3.46. The van der Waals surface area contributed by atoms with Crippen LogP contribution in [0.1, 0.15) is 125 Å². The molecule has 0 aliphatic heterocycles. The third-order valence-corrected chi connectivity index (χ3v) is 10.6. The van der Waals surface area contributed by atoms with Crippen molar-refractivity contribution in [3.8, 4) is 0 Å². The molecule has 0 heterocycles. The lowest BCUT2D eigenvalue weighted by Crippen LogP contribution is -2.58. The molecule has 152 valence electrons. The molecule has 25 heavy (non-hydrogen) atoms. The summed E-state index contributed by atoms with van der Waals surface area (Å²) in [5.74, 6) is 0. The summed E-state index contributed by atoms with van der Waals surface area (Å²) in [6.45, 7) is 11.8. The van der Waals surface area contributed by atoms with Crippen molar-refractivity contribution in [3.05, 3.63) is 0 Å². The highest BCUT2D eigenvalue weighted by Gasteiger charge is 2.53. The van der Waals surface area contributed by atoms with Gasteiger partial charge in [0, 0.05) is 5.16 Å². The summed E-state index contributed by atoms with van der Waals surface area (Å²) in [5, 5.41) is 1.00. The molecular formula is C22H49P3. The number of hydrogen-bond donors (Lipinski definition) is 0. The van der Waals surface area contributed by atoms with Crippen molar-refractivity contribution in [2.45, 2.75) is 140 Å². The Kier molecular flexibility index (Phi) is 14.2. The van der Waals surface area contributed by atoms with Gasteiger partial charge in [0.25, 0.3) is 0 Å². The highest BCUT2D eigenvalue weighted by atomic mass is 31.0. The van der Waals surface area contributed by atoms with Gasteiger partial charge in [0.15, 0.2) is 0 Å². The van der Waals surface area contributed by atoms with Crippen molar-refractivity contribution in [2.75, 3.05) is 0 Å². The average molecular weight is 407 g/mol. The van der Waals surface area contributed by atoms with E-state index in [9.17, 15) is 0 Å². The first-order valence-electron chi connectivity index (χ1n) is 11.2. The van der Waals surface area contributed by atoms with E-state index in [4.69, 9.17) is 0 Å². The predicted molar refractivity (Wildman–Crippen MR) is 130 cm³/mol. The van der Waals surface area contributed by atoms with E-state index >= 15 is 0 Å². The highest BCUT2D eigenvalue weighted by Crippen LogP contribution is 2.60. The van der Waals surface area contributed by atoms with Crippen molar-refractivity contribution in [3.63, 3.8) is 0 Å². The van der Waals surface area contributed by atoms with Gasteiger partial charge in [0.05, 0.1) is 0 Å². The standard InChI is InChI=1S/C22H49P3/c1-6-11-16-20(23,17-12-7-2)22(25,15-10-5)21(24,18-13-8-3)19-14-9-4/h6-19,23-25H2,1-5H3. The van der Waals surface area contributed by atoms with E-state index in [2.05, 4.69) is 62.3 Å². The lowest BCUT2D eigenvalue weighted by atomic mass is 9.68. The normalized spacial score (nSPS) is 13.4. The molecule has 0 aliphatic rings. The van der Waals surface area contributed by atoms with Gasteiger partial charge >= 0.3 is 0 Å². The van der Waals surface area contributed by atoms with Gasteiger partial charge in [-0.1, -0.05) is 92.4 Å². The summed E-state index contributed by atoms with van der Waals surface area (Å²) >= 11 is 0. The zero-order chi connectivity index (χ0) is 19.4. The van der Waals surface area contributed by atoms with Gasteiger partial charge in [-0.2, -0.15) is 0 Å². The Balaban J connectivity index is 5.90. The first kappa shape index (κ1) is 26.3. The fourth-order valence-corrected chi connectivity index (χ4v) is 7.21. The molecule has 0 aromatic rings. The SMILES string of the molecule is CCCCC(P)(CCCC)C(P)(CCC)C(P)(CCCC)CCCC. The maximum Gasteiger partial charge on any atom is 0.00304 e. The molecule has 0 amide bonds. The Labute approximate surface area is 167 Å². The van der Waals surface area contributed by atoms with Crippen LogP contribution in [0.25, 0.3) is 0 Å². The summed E-state index contributed by atoms with van der Waals surface area (Å²) in [5.41, 5.74) is 0. The van der Waals surface area contributed by atoms with E-state index in [1.165, 1.54) is 89.9 Å². The smallest absolute Gasteiger partial charge is 0.00304 e. The van der Waals surface area contributed by atoms with Gasteiger partial charge in [0.2, 0.25) is 0 Å². The molecule has 0 aliphatic carbocycles. The van der Waals surface area contributed by atoms with E-state index in [-0.39, 0.29) is 0 Å². The van der Waals surface area contributed by atoms with Gasteiger partial charge in [-0.05, 0) is 42.4 Å². The third-order valence-electron chi connectivity index (χ3n) is 6.33. The van der Waals surface area contributed by atoms with Crippen LogP contribution in [-0.4, -0.2) is 15.5 Å². The molecule has 3 atom stereocenters. The van der Waals surface area contributed by atoms with Crippen LogP contribution in [0, 0.1) is 0 Å². The van der Waals surface area contributed by atoms with Crippen molar-refractivity contribution >= 4 is 27.7 Å². The highest BCUT2D eigenvalue weighted by molar-refractivity contribution is 7.28. The number of unbranched alkanes of at least 4 members (excludes halogenated alkanes) is 4. The minimum atomic E-state index is 0.304. The second-order valence-corrected chi connectivity index (χ2v) is 11.6. The third kappa shape index (κ3) is 7.32. The second kappa shape index (κ2) is 13.5. The Morgan fingerprint density at radius 1 is 0.440 bits per heavy atom. The van der Waals surface area contributed by atoms with Crippen molar-refractivity contribution < 1.29 is 0 Å². The zero-order valence-corrected chi connectivity index (χ0v) is 21.6. The number of hydrogen-bond acceptors (Lipinski definition) is 0. The monoisotopic (exact) mass is 406 g/mol. The Morgan fingerprint density at radius 2 is 0.720 bits per heavy atom. The van der Waals surface area contributed by atoms with E-state index in [0.717, 1.165) is 0 Å². The molecule has 0 bridgehead atoms. The van der Waals surface area contributed by atoms with Gasteiger partial charge in [-0.25, -0.2) is 0 Å². The van der Waals surface area contributed by atoms with E-state index in [0.29, 0.717) is 15.5 Å². The first-order valence-corrected chi connectivity index (χ1v) is 12.9. The van der Waals surface area contributed by atoms with E-state index < -0.39 is 0 Å². The summed E-state index contributed by atoms with van der Waals surface area (Å²) in [7, 11) is 10.3. The van der Waals surface area contributed by atoms with Crippen LogP contribution in [0.4, 0.5) is 0 Å². The first-order chi connectivity index (χ1) is 11.8. The lowest BCUT2D eigenvalue weighted by molar-refractivity contribution is 0.246. The van der Waals surface area contributed by atoms with Crippen LogP contribution in [-0.2, 0) is 0 Å². The molecule has 0 aromatic heterocycles. The Bertz CT molecular complexity index is 285. The largest absolute Gasteiger partial charge is 0.130 e. The minimum absolute atomic E-state index is 0.304. The fraction of sp³-hybridized carbons (Fsp3) is 1.00. The molecule has 0 N–H and O–H groups in total. The molecule has 3 unspecified atom stereocenters. The van der Waals surface area contributed by atoms with Gasteiger partial charge in [-0.3, -0.25) is 0 Å². The van der Waals surface area contributed by atoms with Crippen LogP contribution in [0.2, 0.25) is 0 Å². The Morgan fingerprint density at radius 3 is 0.920 bits per heavy atom. The van der Waals surface area contributed by atoms with Crippen LogP contribution in [0.3, 0.4) is 0 Å². The Hall–Kier alpha value is 1.29. The van der Waals surface area contributed by atoms with Gasteiger partial charge in [0.1, 0.15) is 0 Å². The van der Waals surface area contributed by atoms with Gasteiger partial charge < -0.3 is 0 Å². The fourth-order valence-electron chi connectivity index (χ4n) is 4.50. The average Bonchev–Trinajstić information content (AvgIpc) is 2.61. The summed E-state index contributed by atoms with van der Waals surface area (Å²) in [6.07, 6.45) is 18.7. The molecule has 0 aromatic carbocycles. The molecule has 0 rings (SSSR count). The molecule has 0 radical (unpaired) electrons. The summed E-state index contributed by atoms with van der Waals surface area (Å²) in [4.78, 5) is 0. The van der Waals surface area contributed by atoms with Gasteiger partial charge in [-0.15, -0.1) is 27.7 Å². The quantitative estimate of drug-likeness (QED) is 0.226. The van der Waals surface area contributed by atoms with Crippen molar-refractivity contribution in [1.82, 2.24) is 0 Å². The molecular weight excluding hydrogens is 357 g/mol. The lowest BCUT2D eigenvalue weighted by Gasteiger charge is -2.58. The number of rotatable bonds is 16. The van der Waals surface area contributed by atoms with Crippen LogP contribution in [0.5, 0.6) is 0 Å². The van der Waals surface area contributed by atoms with E-state index in [1.54, 1.807) is 0 Å². The predicted octanol–water partition coefficient (Wildman–Crippen LogP) is 8.39. The van der Waals surface area contributed by atoms with E-state index in [1.807, 2.05) is 0 Å². The maximum absolute atomic E-state index is 3.46. The second-order valence-electron chi connectivity index (χ2n) is 8.45. The van der Waals surface area contributed by atoms with Crippen molar-refractivity contribution in [2.24, 2.45) is 0 Å². The molecule has 3 heteroatoms. The molecule has 0 saturated heterocycles. The summed E-state index contributed by atoms with van der Waals surface area (Å²) in [6, 6.07) is 0. The van der Waals surface area contributed by atoms with Crippen LogP contribution in [0.15, 0.2) is 0 Å². The summed E-state index contributed by atoms with van der Waals surface area (Å²) < 4.78 is 0. The minimum Gasteiger partial charge on any atom is -0.130 e. The zero-order valence-electron chi connectivity index (χ0n) is 18.1. The molecule has 0 nitrogen and oxygen atoms in total. The molecule has 0 spiro atoms. The topological polar surface area (TPSA) is 0 Å². The molecule has 0 fully saturated rings. The van der Waals surface area contributed by atoms with Crippen molar-refractivity contribution in [1.29, 1.82) is 0 Å². The van der Waals surface area contributed by atoms with Crippen LogP contribution >= 0.6 is 27.7 Å².